The molecule has 0 spiro atoms. The third kappa shape index (κ3) is 1.81. The van der Waals surface area contributed by atoms with E-state index >= 15 is 0 Å². The molecule has 0 bridgehead atoms. The minimum Gasteiger partial charge on any atom is -0.453 e. The Morgan fingerprint density at radius 1 is 0.731 bits per heavy atom. The molecule has 6 aromatic rings. The second-order valence-corrected chi connectivity index (χ2v) is 6.06. The molecule has 0 aliphatic heterocycles. The highest BCUT2D eigenvalue weighted by atomic mass is 16.3. The van der Waals surface area contributed by atoms with E-state index < -0.39 is 0 Å². The Morgan fingerprint density at radius 3 is 2.65 bits per heavy atom. The summed E-state index contributed by atoms with van der Waals surface area (Å²) in [7, 11) is 0. The zero-order valence-electron chi connectivity index (χ0n) is 13.4. The van der Waals surface area contributed by atoms with Gasteiger partial charge in [0.1, 0.15) is 28.5 Å². The lowest BCUT2D eigenvalue weighted by Crippen LogP contribution is -1.86. The Morgan fingerprint density at radius 2 is 1.65 bits per heavy atom. The molecule has 4 aromatic heterocycles. The molecule has 0 saturated carbocycles. The summed E-state index contributed by atoms with van der Waals surface area (Å²) in [4.78, 5) is 17.5. The van der Waals surface area contributed by atoms with E-state index in [-0.39, 0.29) is 0 Å². The summed E-state index contributed by atoms with van der Waals surface area (Å²) in [6.07, 6.45) is 4.95. The molecule has 0 radical (unpaired) electrons. The van der Waals surface area contributed by atoms with E-state index in [1.165, 1.54) is 6.33 Å². The third-order valence-corrected chi connectivity index (χ3v) is 4.52. The maximum absolute atomic E-state index is 5.85. The van der Waals surface area contributed by atoms with Crippen molar-refractivity contribution in [3.63, 3.8) is 0 Å². The smallest absolute Gasteiger partial charge is 0.246 e. The van der Waals surface area contributed by atoms with Crippen molar-refractivity contribution in [3.8, 4) is 11.3 Å². The molecule has 0 saturated heterocycles. The molecule has 26 heavy (non-hydrogen) atoms. The summed E-state index contributed by atoms with van der Waals surface area (Å²) in [5.41, 5.74) is 5.92. The molecule has 6 heteroatoms. The summed E-state index contributed by atoms with van der Waals surface area (Å²) in [5.74, 6) is 0. The topological polar surface area (TPSA) is 77.8 Å². The minimum atomic E-state index is 0.527. The molecule has 4 heterocycles. The first-order valence-corrected chi connectivity index (χ1v) is 8.14. The van der Waals surface area contributed by atoms with Crippen molar-refractivity contribution in [2.75, 3.05) is 0 Å². The maximum atomic E-state index is 5.85. The van der Waals surface area contributed by atoms with E-state index in [0.717, 1.165) is 44.2 Å². The van der Waals surface area contributed by atoms with E-state index in [2.05, 4.69) is 19.9 Å². The van der Waals surface area contributed by atoms with Gasteiger partial charge in [-0.25, -0.2) is 19.9 Å². The average Bonchev–Trinajstić information content (AvgIpc) is 3.24. The summed E-state index contributed by atoms with van der Waals surface area (Å²) in [5, 5.41) is 1.91. The third-order valence-electron chi connectivity index (χ3n) is 4.52. The van der Waals surface area contributed by atoms with Crippen LogP contribution in [-0.4, -0.2) is 19.9 Å². The molecule has 0 unspecified atom stereocenters. The second kappa shape index (κ2) is 4.86. The van der Waals surface area contributed by atoms with Gasteiger partial charge in [0.25, 0.3) is 0 Å². The van der Waals surface area contributed by atoms with Crippen LogP contribution in [0.1, 0.15) is 0 Å². The number of para-hydroxylation sites is 1. The minimum absolute atomic E-state index is 0.527. The van der Waals surface area contributed by atoms with Crippen molar-refractivity contribution in [1.82, 2.24) is 19.9 Å². The standard InChI is InChI=1S/C20H10N4O2/c1-2-4-15-12(3-1)19-20(26-15)24-14(8-22-19)11-5-6-13-16(7-11)25-17-9-21-10-23-18(13)17/h1-10H. The van der Waals surface area contributed by atoms with Gasteiger partial charge in [-0.15, -0.1) is 0 Å². The van der Waals surface area contributed by atoms with Crippen molar-refractivity contribution in [1.29, 1.82) is 0 Å². The lowest BCUT2D eigenvalue weighted by Gasteiger charge is -2.00. The van der Waals surface area contributed by atoms with Crippen molar-refractivity contribution >= 4 is 44.3 Å². The summed E-state index contributed by atoms with van der Waals surface area (Å²) < 4.78 is 11.7. The van der Waals surface area contributed by atoms with E-state index in [4.69, 9.17) is 8.83 Å². The van der Waals surface area contributed by atoms with Gasteiger partial charge in [0.2, 0.25) is 5.71 Å². The van der Waals surface area contributed by atoms with Gasteiger partial charge >= 0.3 is 0 Å². The molecule has 0 fully saturated rings. The van der Waals surface area contributed by atoms with Crippen LogP contribution in [0, 0.1) is 0 Å². The first-order valence-electron chi connectivity index (χ1n) is 8.14. The molecule has 0 amide bonds. The summed E-state index contributed by atoms with van der Waals surface area (Å²) in [6.45, 7) is 0. The van der Waals surface area contributed by atoms with Gasteiger partial charge in [-0.3, -0.25) is 0 Å². The Labute approximate surface area is 146 Å². The molecule has 0 aliphatic carbocycles. The maximum Gasteiger partial charge on any atom is 0.246 e. The monoisotopic (exact) mass is 338 g/mol. The Balaban J connectivity index is 1.57. The predicted molar refractivity (Wildman–Crippen MR) is 97.6 cm³/mol. The van der Waals surface area contributed by atoms with E-state index in [1.807, 2.05) is 42.5 Å². The van der Waals surface area contributed by atoms with Gasteiger partial charge in [-0.1, -0.05) is 18.2 Å². The number of furan rings is 2. The van der Waals surface area contributed by atoms with Crippen LogP contribution in [-0.2, 0) is 0 Å². The highest BCUT2D eigenvalue weighted by molar-refractivity contribution is 6.03. The zero-order chi connectivity index (χ0) is 17.1. The van der Waals surface area contributed by atoms with Crippen LogP contribution in [0.5, 0.6) is 0 Å². The van der Waals surface area contributed by atoms with Crippen molar-refractivity contribution < 1.29 is 8.83 Å². The molecule has 0 aliphatic rings. The van der Waals surface area contributed by atoms with Gasteiger partial charge in [0, 0.05) is 16.3 Å². The van der Waals surface area contributed by atoms with Gasteiger partial charge in [-0.05, 0) is 24.3 Å². The summed E-state index contributed by atoms with van der Waals surface area (Å²) in [6, 6.07) is 13.7. The highest BCUT2D eigenvalue weighted by Gasteiger charge is 2.13. The number of nitrogens with zero attached hydrogens (tertiary/aromatic N) is 4. The number of rotatable bonds is 1. The Hall–Kier alpha value is -3.80. The molecule has 0 atom stereocenters. The van der Waals surface area contributed by atoms with Gasteiger partial charge in [0.05, 0.1) is 18.1 Å². The van der Waals surface area contributed by atoms with Crippen molar-refractivity contribution in [2.24, 2.45) is 0 Å². The Kier molecular flexibility index (Phi) is 2.52. The normalized spacial score (nSPS) is 11.8. The number of hydrogen-bond acceptors (Lipinski definition) is 6. The van der Waals surface area contributed by atoms with Crippen LogP contribution in [0.4, 0.5) is 0 Å². The lowest BCUT2D eigenvalue weighted by atomic mass is 10.1. The largest absolute Gasteiger partial charge is 0.453 e. The van der Waals surface area contributed by atoms with Crippen LogP contribution in [0.25, 0.3) is 55.5 Å². The number of benzene rings is 2. The first kappa shape index (κ1) is 13.5. The van der Waals surface area contributed by atoms with Crippen LogP contribution in [0.3, 0.4) is 0 Å². The van der Waals surface area contributed by atoms with Gasteiger partial charge in [-0.2, -0.15) is 0 Å². The molecule has 122 valence electrons. The van der Waals surface area contributed by atoms with Crippen LogP contribution in [0.2, 0.25) is 0 Å². The fourth-order valence-corrected chi connectivity index (χ4v) is 3.30. The van der Waals surface area contributed by atoms with Crippen molar-refractivity contribution in [3.05, 3.63) is 61.2 Å². The molecule has 2 aromatic carbocycles. The average molecular weight is 338 g/mol. The van der Waals surface area contributed by atoms with E-state index in [9.17, 15) is 0 Å². The molecular formula is C20H10N4O2. The highest BCUT2D eigenvalue weighted by Crippen LogP contribution is 2.31. The zero-order valence-corrected chi connectivity index (χ0v) is 13.4. The SMILES string of the molecule is c1ccc2c(c1)oc1nc(-c3ccc4c(c3)oc3cncnc34)cnc12. The van der Waals surface area contributed by atoms with Crippen LogP contribution < -0.4 is 0 Å². The van der Waals surface area contributed by atoms with Gasteiger partial charge in [0.15, 0.2) is 5.58 Å². The number of hydrogen-bond donors (Lipinski definition) is 0. The quantitative estimate of drug-likeness (QED) is 0.431. The van der Waals surface area contributed by atoms with E-state index in [1.54, 1.807) is 12.4 Å². The van der Waals surface area contributed by atoms with E-state index in [0.29, 0.717) is 11.3 Å². The molecule has 0 N–H and O–H groups in total. The predicted octanol–water partition coefficient (Wildman–Crippen LogP) is 4.73. The van der Waals surface area contributed by atoms with Crippen molar-refractivity contribution in [2.45, 2.75) is 0 Å². The molecular weight excluding hydrogens is 328 g/mol. The molecule has 6 rings (SSSR count). The van der Waals surface area contributed by atoms with Crippen LogP contribution >= 0.6 is 0 Å². The number of fused-ring (bicyclic) bond motifs is 6. The molecule has 6 nitrogen and oxygen atoms in total. The van der Waals surface area contributed by atoms with Crippen LogP contribution in [0.15, 0.2) is 70.0 Å². The fraction of sp³-hybridized carbons (Fsp3) is 0. The first-order chi connectivity index (χ1) is 12.9. The fourth-order valence-electron chi connectivity index (χ4n) is 3.30. The Bertz CT molecular complexity index is 1340. The lowest BCUT2D eigenvalue weighted by molar-refractivity contribution is 0.653. The van der Waals surface area contributed by atoms with Gasteiger partial charge < -0.3 is 8.83 Å². The number of aromatic nitrogens is 4. The second-order valence-electron chi connectivity index (χ2n) is 6.06. The summed E-state index contributed by atoms with van der Waals surface area (Å²) >= 11 is 0.